The van der Waals surface area contributed by atoms with Crippen LogP contribution in [0.3, 0.4) is 0 Å². The summed E-state index contributed by atoms with van der Waals surface area (Å²) in [7, 11) is 0. The number of carbonyl (C=O) groups excluding carboxylic acids is 1. The molecule has 2 aromatic carbocycles. The van der Waals surface area contributed by atoms with Crippen molar-refractivity contribution in [3.63, 3.8) is 0 Å². The van der Waals surface area contributed by atoms with Crippen molar-refractivity contribution in [1.82, 2.24) is 14.8 Å². The minimum absolute atomic E-state index is 0.259. The van der Waals surface area contributed by atoms with E-state index in [2.05, 4.69) is 23.7 Å². The summed E-state index contributed by atoms with van der Waals surface area (Å²) in [6.45, 7) is 11.0. The molecule has 2 heterocycles. The van der Waals surface area contributed by atoms with Crippen molar-refractivity contribution >= 4 is 28.6 Å². The van der Waals surface area contributed by atoms with Crippen molar-refractivity contribution in [3.8, 4) is 5.75 Å². The largest absolute Gasteiger partial charge is 0.494 e. The fourth-order valence-corrected chi connectivity index (χ4v) is 4.95. The normalized spacial score (nSPS) is 15.6. The van der Waals surface area contributed by atoms with Crippen LogP contribution in [0.1, 0.15) is 50.1 Å². The minimum Gasteiger partial charge on any atom is -0.494 e. The van der Waals surface area contributed by atoms with Crippen molar-refractivity contribution in [2.45, 2.75) is 39.7 Å². The van der Waals surface area contributed by atoms with Crippen molar-refractivity contribution < 1.29 is 14.3 Å². The Morgan fingerprint density at radius 3 is 2.62 bits per heavy atom. The third-order valence-corrected chi connectivity index (χ3v) is 6.80. The maximum Gasteiger partial charge on any atom is 0.410 e. The molecule has 1 aliphatic heterocycles. The van der Waals surface area contributed by atoms with E-state index in [0.717, 1.165) is 60.4 Å². The number of aromatic nitrogens is 1. The third kappa shape index (κ3) is 5.18. The molecule has 1 aliphatic rings. The van der Waals surface area contributed by atoms with Gasteiger partial charge in [0.15, 0.2) is 0 Å². The van der Waals surface area contributed by atoms with E-state index in [1.54, 1.807) is 0 Å². The smallest absolute Gasteiger partial charge is 0.410 e. The van der Waals surface area contributed by atoms with Crippen LogP contribution in [0.2, 0.25) is 5.02 Å². The molecule has 1 amide bonds. The molecule has 34 heavy (non-hydrogen) atoms. The number of benzene rings is 2. The molecule has 0 aliphatic carbocycles. The van der Waals surface area contributed by atoms with E-state index >= 15 is 0 Å². The molecular formula is C27H34ClN3O3. The van der Waals surface area contributed by atoms with Crippen molar-refractivity contribution in [2.75, 3.05) is 39.4 Å². The molecule has 0 fully saturated rings. The Morgan fingerprint density at radius 1 is 1.15 bits per heavy atom. The molecule has 0 saturated heterocycles. The van der Waals surface area contributed by atoms with Crippen LogP contribution in [0.5, 0.6) is 5.75 Å². The van der Waals surface area contributed by atoms with Crippen LogP contribution in [0, 0.1) is 0 Å². The molecule has 0 bridgehead atoms. The van der Waals surface area contributed by atoms with Crippen molar-refractivity contribution in [2.24, 2.45) is 0 Å². The van der Waals surface area contributed by atoms with Gasteiger partial charge in [0.05, 0.1) is 13.2 Å². The lowest BCUT2D eigenvalue weighted by Crippen LogP contribution is -2.40. The SMILES string of the molecule is CCOC(=O)N1CCc2c([nH]c3ccc(Cl)cc23)C1c1ccc(OCCCN(CC)CC)cc1. The Hall–Kier alpha value is -2.70. The number of H-pyrrole nitrogens is 1. The fraction of sp³-hybridized carbons (Fsp3) is 0.444. The Kier molecular flexibility index (Phi) is 8.01. The zero-order valence-corrected chi connectivity index (χ0v) is 21.0. The van der Waals surface area contributed by atoms with Gasteiger partial charge in [-0.15, -0.1) is 0 Å². The molecule has 6 nitrogen and oxygen atoms in total. The van der Waals surface area contributed by atoms with Gasteiger partial charge in [-0.1, -0.05) is 37.6 Å². The molecule has 0 saturated carbocycles. The molecule has 1 unspecified atom stereocenters. The zero-order chi connectivity index (χ0) is 24.1. The van der Waals surface area contributed by atoms with E-state index in [1.165, 1.54) is 5.56 Å². The monoisotopic (exact) mass is 483 g/mol. The maximum atomic E-state index is 12.8. The summed E-state index contributed by atoms with van der Waals surface area (Å²) in [5.41, 5.74) is 4.27. The van der Waals surface area contributed by atoms with Crippen molar-refractivity contribution in [3.05, 3.63) is 64.3 Å². The number of aromatic amines is 1. The van der Waals surface area contributed by atoms with Gasteiger partial charge in [-0.2, -0.15) is 0 Å². The fourth-order valence-electron chi connectivity index (χ4n) is 4.77. The molecule has 1 N–H and O–H groups in total. The summed E-state index contributed by atoms with van der Waals surface area (Å²) in [6.07, 6.45) is 1.44. The molecular weight excluding hydrogens is 450 g/mol. The molecule has 3 aromatic rings. The Bertz CT molecular complexity index is 1110. The first kappa shape index (κ1) is 24.4. The number of halogens is 1. The second kappa shape index (κ2) is 11.2. The van der Waals surface area contributed by atoms with Gasteiger partial charge in [-0.3, -0.25) is 4.90 Å². The highest BCUT2D eigenvalue weighted by molar-refractivity contribution is 6.31. The van der Waals surface area contributed by atoms with E-state index in [-0.39, 0.29) is 12.1 Å². The lowest BCUT2D eigenvalue weighted by atomic mass is 9.92. The topological polar surface area (TPSA) is 57.8 Å². The molecule has 182 valence electrons. The molecule has 1 atom stereocenters. The van der Waals surface area contributed by atoms with Gasteiger partial charge in [0.25, 0.3) is 0 Å². The van der Waals surface area contributed by atoms with Crippen LogP contribution in [0.4, 0.5) is 4.79 Å². The van der Waals surface area contributed by atoms with Crippen LogP contribution in [0.15, 0.2) is 42.5 Å². The standard InChI is InChI=1S/C27H34ClN3O3/c1-4-30(5-2)15-7-17-34-21-11-8-19(9-12-21)26-25-22(14-16-31(26)27(32)33-6-3)23-18-20(28)10-13-24(23)29-25/h8-13,18,26,29H,4-7,14-17H2,1-3H3. The van der Waals surface area contributed by atoms with E-state index in [9.17, 15) is 4.79 Å². The quantitative estimate of drug-likeness (QED) is 0.377. The summed E-state index contributed by atoms with van der Waals surface area (Å²) in [4.78, 5) is 20.6. The number of amides is 1. The molecule has 1 aromatic heterocycles. The summed E-state index contributed by atoms with van der Waals surface area (Å²) < 4.78 is 11.4. The predicted octanol–water partition coefficient (Wildman–Crippen LogP) is 6.04. The minimum atomic E-state index is -0.299. The second-order valence-electron chi connectivity index (χ2n) is 8.55. The molecule has 7 heteroatoms. The van der Waals surface area contributed by atoms with E-state index in [4.69, 9.17) is 21.1 Å². The Balaban J connectivity index is 1.57. The lowest BCUT2D eigenvalue weighted by molar-refractivity contribution is 0.0932. The van der Waals surface area contributed by atoms with Crippen LogP contribution in [-0.4, -0.2) is 60.3 Å². The summed E-state index contributed by atoms with van der Waals surface area (Å²) in [5, 5.41) is 1.82. The summed E-state index contributed by atoms with van der Waals surface area (Å²) in [5.74, 6) is 0.838. The highest BCUT2D eigenvalue weighted by Crippen LogP contribution is 2.39. The van der Waals surface area contributed by atoms with Gasteiger partial charge >= 0.3 is 6.09 Å². The number of hydrogen-bond donors (Lipinski definition) is 1. The number of nitrogens with zero attached hydrogens (tertiary/aromatic N) is 2. The Morgan fingerprint density at radius 2 is 1.91 bits per heavy atom. The van der Waals surface area contributed by atoms with Gasteiger partial charge in [-0.25, -0.2) is 4.79 Å². The lowest BCUT2D eigenvalue weighted by Gasteiger charge is -2.35. The maximum absolute atomic E-state index is 12.8. The first-order valence-corrected chi connectivity index (χ1v) is 12.6. The van der Waals surface area contributed by atoms with Crippen LogP contribution < -0.4 is 4.74 Å². The number of fused-ring (bicyclic) bond motifs is 3. The van der Waals surface area contributed by atoms with Gasteiger partial charge in [-0.05, 0) is 74.3 Å². The Labute approximate surface area is 206 Å². The molecule has 4 rings (SSSR count). The first-order chi connectivity index (χ1) is 16.5. The number of nitrogens with one attached hydrogen (secondary N) is 1. The third-order valence-electron chi connectivity index (χ3n) is 6.57. The average Bonchev–Trinajstić information content (AvgIpc) is 3.22. The number of carbonyl (C=O) groups is 1. The van der Waals surface area contributed by atoms with Crippen LogP contribution >= 0.6 is 11.6 Å². The molecule has 0 spiro atoms. The van der Waals surface area contributed by atoms with Gasteiger partial charge < -0.3 is 19.4 Å². The zero-order valence-electron chi connectivity index (χ0n) is 20.3. The highest BCUT2D eigenvalue weighted by Gasteiger charge is 2.35. The average molecular weight is 484 g/mol. The number of hydrogen-bond acceptors (Lipinski definition) is 4. The second-order valence-corrected chi connectivity index (χ2v) is 8.99. The van der Waals surface area contributed by atoms with E-state index < -0.39 is 0 Å². The van der Waals surface area contributed by atoms with Crippen LogP contribution in [-0.2, 0) is 11.2 Å². The first-order valence-electron chi connectivity index (χ1n) is 12.2. The van der Waals surface area contributed by atoms with E-state index in [0.29, 0.717) is 24.8 Å². The summed E-state index contributed by atoms with van der Waals surface area (Å²) in [6, 6.07) is 13.7. The van der Waals surface area contributed by atoms with Gasteiger partial charge in [0.1, 0.15) is 11.8 Å². The predicted molar refractivity (Wildman–Crippen MR) is 137 cm³/mol. The van der Waals surface area contributed by atoms with Gasteiger partial charge in [0.2, 0.25) is 0 Å². The highest BCUT2D eigenvalue weighted by atomic mass is 35.5. The number of rotatable bonds is 9. The van der Waals surface area contributed by atoms with E-state index in [1.807, 2.05) is 54.3 Å². The van der Waals surface area contributed by atoms with Crippen LogP contribution in [0.25, 0.3) is 10.9 Å². The summed E-state index contributed by atoms with van der Waals surface area (Å²) >= 11 is 6.28. The van der Waals surface area contributed by atoms with Crippen molar-refractivity contribution in [1.29, 1.82) is 0 Å². The van der Waals surface area contributed by atoms with Gasteiger partial charge in [0, 0.05) is 34.7 Å². The molecule has 0 radical (unpaired) electrons. The number of ether oxygens (including phenoxy) is 2.